The fourth-order valence-electron chi connectivity index (χ4n) is 2.45. The van der Waals surface area contributed by atoms with E-state index < -0.39 is 9.84 Å². The molecule has 0 saturated carbocycles. The molecular weight excluding hydrogens is 293 g/mol. The predicted octanol–water partition coefficient (Wildman–Crippen LogP) is 2.97. The Kier molecular flexibility index (Phi) is 4.68. The van der Waals surface area contributed by atoms with E-state index in [-0.39, 0.29) is 17.6 Å². The van der Waals surface area contributed by atoms with Gasteiger partial charge in [-0.25, -0.2) is 12.8 Å². The van der Waals surface area contributed by atoms with Crippen LogP contribution in [-0.2, 0) is 9.84 Å². The summed E-state index contributed by atoms with van der Waals surface area (Å²) in [6, 6.07) is 4.20. The van der Waals surface area contributed by atoms with Crippen molar-refractivity contribution in [1.29, 1.82) is 0 Å². The average molecular weight is 313 g/mol. The molecule has 1 N–H and O–H groups in total. The van der Waals surface area contributed by atoms with E-state index in [0.717, 1.165) is 10.9 Å². The highest BCUT2D eigenvalue weighted by atomic mass is 32.2. The molecule has 0 aliphatic heterocycles. The topological polar surface area (TPSA) is 59.3 Å². The smallest absolute Gasteiger partial charge is 0.147 e. The zero-order chi connectivity index (χ0) is 15.6. The molecule has 0 aliphatic carbocycles. The van der Waals surface area contributed by atoms with Gasteiger partial charge in [-0.3, -0.25) is 0 Å². The van der Waals surface area contributed by atoms with E-state index in [4.69, 9.17) is 4.42 Å². The van der Waals surface area contributed by atoms with Crippen LogP contribution in [0.3, 0.4) is 0 Å². The maximum absolute atomic E-state index is 13.3. The molecule has 0 radical (unpaired) electrons. The fraction of sp³-hybridized carbons (Fsp3) is 0.467. The maximum Gasteiger partial charge on any atom is 0.147 e. The Morgan fingerprint density at radius 1 is 1.38 bits per heavy atom. The maximum atomic E-state index is 13.3. The van der Waals surface area contributed by atoms with Crippen molar-refractivity contribution in [2.24, 2.45) is 0 Å². The van der Waals surface area contributed by atoms with Crippen LogP contribution < -0.4 is 5.32 Å². The minimum Gasteiger partial charge on any atom is -0.459 e. The third kappa shape index (κ3) is 3.83. The number of sulfone groups is 1. The van der Waals surface area contributed by atoms with Crippen molar-refractivity contribution in [3.8, 4) is 0 Å². The molecule has 2 aromatic rings. The molecule has 4 nitrogen and oxygen atoms in total. The number of rotatable bonds is 6. The molecule has 2 rings (SSSR count). The Balaban J connectivity index is 2.37. The molecule has 6 heteroatoms. The summed E-state index contributed by atoms with van der Waals surface area (Å²) in [7, 11) is -3.04. The molecule has 0 aliphatic rings. The van der Waals surface area contributed by atoms with Crippen LogP contribution in [0.2, 0.25) is 0 Å². The first-order chi connectivity index (χ1) is 9.81. The second-order valence-electron chi connectivity index (χ2n) is 5.26. The summed E-state index contributed by atoms with van der Waals surface area (Å²) in [5.74, 6) is 0.449. The molecule has 1 aromatic heterocycles. The zero-order valence-corrected chi connectivity index (χ0v) is 13.3. The summed E-state index contributed by atoms with van der Waals surface area (Å²) in [6.07, 6.45) is 1.65. The summed E-state index contributed by atoms with van der Waals surface area (Å²) in [4.78, 5) is 0. The third-order valence-electron chi connectivity index (χ3n) is 3.48. The van der Waals surface area contributed by atoms with Gasteiger partial charge in [-0.05, 0) is 38.1 Å². The summed E-state index contributed by atoms with van der Waals surface area (Å²) >= 11 is 0. The molecule has 1 aromatic carbocycles. The molecule has 1 unspecified atom stereocenters. The van der Waals surface area contributed by atoms with Crippen molar-refractivity contribution < 1.29 is 17.2 Å². The summed E-state index contributed by atoms with van der Waals surface area (Å²) in [6.45, 7) is 4.51. The molecule has 0 spiro atoms. The van der Waals surface area contributed by atoms with Gasteiger partial charge in [-0.15, -0.1) is 0 Å². The van der Waals surface area contributed by atoms with E-state index in [1.54, 1.807) is 6.07 Å². The van der Waals surface area contributed by atoms with Crippen molar-refractivity contribution >= 4 is 20.8 Å². The van der Waals surface area contributed by atoms with Crippen LogP contribution in [0.25, 0.3) is 11.0 Å². The molecule has 1 heterocycles. The largest absolute Gasteiger partial charge is 0.459 e. The van der Waals surface area contributed by atoms with Gasteiger partial charge in [0.05, 0.1) is 11.8 Å². The second kappa shape index (κ2) is 6.15. The van der Waals surface area contributed by atoms with Crippen LogP contribution in [0, 0.1) is 12.7 Å². The first-order valence-electron chi connectivity index (χ1n) is 6.91. The molecule has 21 heavy (non-hydrogen) atoms. The monoisotopic (exact) mass is 313 g/mol. The molecular formula is C15H20FNO3S. The molecule has 116 valence electrons. The molecule has 0 saturated heterocycles. The Morgan fingerprint density at radius 2 is 2.10 bits per heavy atom. The SMILES string of the molecule is CCNC(CCS(C)(=O)=O)c1oc2ccc(F)cc2c1C. The van der Waals surface area contributed by atoms with E-state index in [9.17, 15) is 12.8 Å². The van der Waals surface area contributed by atoms with Gasteiger partial charge in [0.2, 0.25) is 0 Å². The quantitative estimate of drug-likeness (QED) is 0.891. The lowest BCUT2D eigenvalue weighted by molar-refractivity contribution is 0.425. The minimum atomic E-state index is -3.04. The van der Waals surface area contributed by atoms with Crippen molar-refractivity contribution in [3.63, 3.8) is 0 Å². The van der Waals surface area contributed by atoms with Crippen LogP contribution in [-0.4, -0.2) is 27.0 Å². The van der Waals surface area contributed by atoms with Crippen molar-refractivity contribution in [1.82, 2.24) is 5.32 Å². The van der Waals surface area contributed by atoms with Crippen LogP contribution in [0.5, 0.6) is 0 Å². The number of hydrogen-bond acceptors (Lipinski definition) is 4. The lowest BCUT2D eigenvalue weighted by Crippen LogP contribution is -2.23. The van der Waals surface area contributed by atoms with Gasteiger partial charge < -0.3 is 9.73 Å². The number of furan rings is 1. The van der Waals surface area contributed by atoms with E-state index in [1.807, 2.05) is 13.8 Å². The third-order valence-corrected chi connectivity index (χ3v) is 4.46. The second-order valence-corrected chi connectivity index (χ2v) is 7.52. The lowest BCUT2D eigenvalue weighted by Gasteiger charge is -2.16. The Labute approximate surface area is 124 Å². The number of nitrogens with one attached hydrogen (secondary N) is 1. The number of benzene rings is 1. The number of halogens is 1. The normalized spacial score (nSPS) is 13.7. The number of aryl methyl sites for hydroxylation is 1. The number of fused-ring (bicyclic) bond motifs is 1. The summed E-state index contributed by atoms with van der Waals surface area (Å²) < 4.78 is 41.9. The fourth-order valence-corrected chi connectivity index (χ4v) is 3.11. The van der Waals surface area contributed by atoms with Crippen LogP contribution in [0.1, 0.15) is 30.7 Å². The molecule has 0 fully saturated rings. The van der Waals surface area contributed by atoms with Gasteiger partial charge in [0.25, 0.3) is 0 Å². The van der Waals surface area contributed by atoms with Crippen molar-refractivity contribution in [2.45, 2.75) is 26.3 Å². The number of hydrogen-bond donors (Lipinski definition) is 1. The van der Waals surface area contributed by atoms with Gasteiger partial charge in [0.1, 0.15) is 27.0 Å². The average Bonchev–Trinajstić information content (AvgIpc) is 2.71. The molecule has 1 atom stereocenters. The highest BCUT2D eigenvalue weighted by molar-refractivity contribution is 7.90. The standard InChI is InChI=1S/C15H20FNO3S/c1-4-17-13(7-8-21(3,18)19)15-10(2)12-9-11(16)5-6-14(12)20-15/h5-6,9,13,17H,4,7-8H2,1-3H3. The van der Waals surface area contributed by atoms with E-state index in [2.05, 4.69) is 5.32 Å². The minimum absolute atomic E-state index is 0.0789. The Hall–Kier alpha value is -1.40. The molecule has 0 amide bonds. The van der Waals surface area contributed by atoms with E-state index in [1.165, 1.54) is 18.4 Å². The van der Waals surface area contributed by atoms with Crippen molar-refractivity contribution in [2.75, 3.05) is 18.6 Å². The van der Waals surface area contributed by atoms with Gasteiger partial charge in [0.15, 0.2) is 0 Å². The highest BCUT2D eigenvalue weighted by Gasteiger charge is 2.21. The van der Waals surface area contributed by atoms with Gasteiger partial charge in [-0.1, -0.05) is 6.92 Å². The Bertz CT molecular complexity index is 737. The van der Waals surface area contributed by atoms with Crippen molar-refractivity contribution in [3.05, 3.63) is 35.3 Å². The first kappa shape index (κ1) is 16.0. The summed E-state index contributed by atoms with van der Waals surface area (Å²) in [5, 5.41) is 3.96. The lowest BCUT2D eigenvalue weighted by atomic mass is 10.1. The zero-order valence-electron chi connectivity index (χ0n) is 12.4. The predicted molar refractivity (Wildman–Crippen MR) is 81.7 cm³/mol. The van der Waals surface area contributed by atoms with E-state index >= 15 is 0 Å². The van der Waals surface area contributed by atoms with Gasteiger partial charge in [-0.2, -0.15) is 0 Å². The van der Waals surface area contributed by atoms with Crippen LogP contribution >= 0.6 is 0 Å². The van der Waals surface area contributed by atoms with Crippen LogP contribution in [0.4, 0.5) is 4.39 Å². The highest BCUT2D eigenvalue weighted by Crippen LogP contribution is 2.31. The van der Waals surface area contributed by atoms with Gasteiger partial charge >= 0.3 is 0 Å². The van der Waals surface area contributed by atoms with E-state index in [0.29, 0.717) is 24.3 Å². The van der Waals surface area contributed by atoms with Gasteiger partial charge in [0, 0.05) is 17.2 Å². The molecule has 0 bridgehead atoms. The summed E-state index contributed by atoms with van der Waals surface area (Å²) in [5.41, 5.74) is 1.47. The Morgan fingerprint density at radius 3 is 2.71 bits per heavy atom. The first-order valence-corrected chi connectivity index (χ1v) is 8.97. The van der Waals surface area contributed by atoms with Crippen LogP contribution in [0.15, 0.2) is 22.6 Å².